The fourth-order valence-electron chi connectivity index (χ4n) is 4.52. The molecule has 1 aromatic carbocycles. The standard InChI is InChI=1S/C25H31F2N7O4S/c1-15-29-13-16(24(28)31-15)3-5-21(35)34-10-9-32(8-7-30-34)23-19(26)11-17(12-20(23)27)33-14-18(38-25(33)36)4-6-22(39)37-2/h11-13,18,30H,3-10,14H2,1-2H3,(H2,28,29,31)/t18-/m0/s1. The van der Waals surface area contributed by atoms with Crippen molar-refractivity contribution in [2.24, 2.45) is 0 Å². The minimum Gasteiger partial charge on any atom is -0.490 e. The molecule has 0 aliphatic carbocycles. The Morgan fingerprint density at radius 1 is 1.26 bits per heavy atom. The van der Waals surface area contributed by atoms with Crippen molar-refractivity contribution < 1.29 is 27.8 Å². The van der Waals surface area contributed by atoms with Gasteiger partial charge in [-0.25, -0.2) is 29.0 Å². The Balaban J connectivity index is 1.37. The summed E-state index contributed by atoms with van der Waals surface area (Å²) in [7, 11) is 1.47. The number of carbonyl (C=O) groups is 2. The molecule has 2 aliphatic rings. The number of aryl methyl sites for hydroxylation is 2. The maximum absolute atomic E-state index is 15.2. The van der Waals surface area contributed by atoms with E-state index in [-0.39, 0.29) is 49.9 Å². The molecule has 39 heavy (non-hydrogen) atoms. The van der Waals surface area contributed by atoms with Gasteiger partial charge in [-0.05, 0) is 32.0 Å². The Morgan fingerprint density at radius 2 is 2.00 bits per heavy atom. The van der Waals surface area contributed by atoms with Gasteiger partial charge < -0.3 is 20.1 Å². The van der Waals surface area contributed by atoms with E-state index in [0.717, 1.165) is 12.1 Å². The molecule has 4 rings (SSSR count). The van der Waals surface area contributed by atoms with Gasteiger partial charge in [0.05, 0.1) is 25.9 Å². The lowest BCUT2D eigenvalue weighted by atomic mass is 10.1. The van der Waals surface area contributed by atoms with E-state index in [1.165, 1.54) is 21.9 Å². The lowest BCUT2D eigenvalue weighted by Gasteiger charge is -2.25. The molecule has 210 valence electrons. The number of nitrogens with zero attached hydrogens (tertiary/aromatic N) is 5. The van der Waals surface area contributed by atoms with Crippen LogP contribution in [0.25, 0.3) is 0 Å². The van der Waals surface area contributed by atoms with Gasteiger partial charge in [0.25, 0.3) is 0 Å². The molecule has 3 heterocycles. The molecule has 0 saturated carbocycles. The van der Waals surface area contributed by atoms with Crippen molar-refractivity contribution in [3.05, 3.63) is 41.4 Å². The van der Waals surface area contributed by atoms with Crippen molar-refractivity contribution in [3.8, 4) is 0 Å². The van der Waals surface area contributed by atoms with Gasteiger partial charge in [-0.15, -0.1) is 0 Å². The van der Waals surface area contributed by atoms with Gasteiger partial charge in [-0.2, -0.15) is 0 Å². The highest BCUT2D eigenvalue weighted by Crippen LogP contribution is 2.32. The number of hydrogen-bond donors (Lipinski definition) is 2. The number of anilines is 3. The zero-order chi connectivity index (χ0) is 28.1. The number of halogens is 2. The van der Waals surface area contributed by atoms with E-state index >= 15 is 8.78 Å². The van der Waals surface area contributed by atoms with Crippen LogP contribution < -0.4 is 21.0 Å². The molecule has 0 unspecified atom stereocenters. The highest BCUT2D eigenvalue weighted by atomic mass is 32.1. The van der Waals surface area contributed by atoms with E-state index in [4.69, 9.17) is 27.4 Å². The van der Waals surface area contributed by atoms with E-state index in [0.29, 0.717) is 48.1 Å². The number of ether oxygens (including phenoxy) is 2. The molecule has 3 N–H and O–H groups in total. The topological polar surface area (TPSA) is 126 Å². The molecule has 1 atom stereocenters. The number of carbonyl (C=O) groups excluding carboxylic acids is 2. The lowest BCUT2D eigenvalue weighted by molar-refractivity contribution is -0.133. The number of benzene rings is 1. The van der Waals surface area contributed by atoms with Crippen LogP contribution in [0.5, 0.6) is 0 Å². The fourth-order valence-corrected chi connectivity index (χ4v) is 4.64. The molecule has 2 aromatic rings. The van der Waals surface area contributed by atoms with Gasteiger partial charge >= 0.3 is 6.09 Å². The average molecular weight is 564 g/mol. The normalized spacial score (nSPS) is 17.7. The van der Waals surface area contributed by atoms with E-state index in [1.807, 2.05) is 0 Å². The second-order valence-electron chi connectivity index (χ2n) is 9.26. The summed E-state index contributed by atoms with van der Waals surface area (Å²) in [6.07, 6.45) is 1.88. The largest absolute Gasteiger partial charge is 0.490 e. The van der Waals surface area contributed by atoms with E-state index in [1.54, 1.807) is 13.1 Å². The molecule has 14 heteroatoms. The molecule has 0 spiro atoms. The van der Waals surface area contributed by atoms with Crippen LogP contribution in [0, 0.1) is 18.6 Å². The third-order valence-electron chi connectivity index (χ3n) is 6.61. The summed E-state index contributed by atoms with van der Waals surface area (Å²) < 4.78 is 40.7. The highest BCUT2D eigenvalue weighted by molar-refractivity contribution is 7.80. The second-order valence-corrected chi connectivity index (χ2v) is 9.71. The van der Waals surface area contributed by atoms with Crippen LogP contribution >= 0.6 is 12.2 Å². The van der Waals surface area contributed by atoms with Gasteiger partial charge in [-0.1, -0.05) is 0 Å². The van der Waals surface area contributed by atoms with Crippen LogP contribution in [-0.2, 0) is 20.7 Å². The molecule has 0 bridgehead atoms. The van der Waals surface area contributed by atoms with E-state index in [2.05, 4.69) is 15.4 Å². The van der Waals surface area contributed by atoms with Crippen LogP contribution in [0.3, 0.4) is 0 Å². The lowest BCUT2D eigenvalue weighted by Crippen LogP contribution is -2.43. The maximum Gasteiger partial charge on any atom is 0.414 e. The van der Waals surface area contributed by atoms with Crippen LogP contribution in [0.15, 0.2) is 18.3 Å². The molecule has 2 saturated heterocycles. The molecule has 1 aromatic heterocycles. The summed E-state index contributed by atoms with van der Waals surface area (Å²) in [5.74, 6) is -0.904. The summed E-state index contributed by atoms with van der Waals surface area (Å²) in [5.41, 5.74) is 9.46. The van der Waals surface area contributed by atoms with Gasteiger partial charge in [0.2, 0.25) is 5.91 Å². The Kier molecular flexibility index (Phi) is 9.07. The van der Waals surface area contributed by atoms with E-state index < -0.39 is 23.8 Å². The minimum absolute atomic E-state index is 0.0691. The maximum atomic E-state index is 15.2. The molecule has 0 radical (unpaired) electrons. The third-order valence-corrected chi connectivity index (χ3v) is 6.98. The Morgan fingerprint density at radius 3 is 2.69 bits per heavy atom. The smallest absolute Gasteiger partial charge is 0.414 e. The summed E-state index contributed by atoms with van der Waals surface area (Å²) in [4.78, 5) is 36.1. The monoisotopic (exact) mass is 563 g/mol. The Labute approximate surface area is 230 Å². The molecule has 2 amide bonds. The first-order valence-corrected chi connectivity index (χ1v) is 13.0. The second kappa shape index (κ2) is 12.5. The van der Waals surface area contributed by atoms with Gasteiger partial charge in [0.1, 0.15) is 23.4 Å². The summed E-state index contributed by atoms with van der Waals surface area (Å²) in [6.45, 7) is 2.86. The first-order valence-electron chi connectivity index (χ1n) is 12.6. The first-order chi connectivity index (χ1) is 18.7. The van der Waals surface area contributed by atoms with Crippen molar-refractivity contribution >= 4 is 46.5 Å². The number of nitrogen functional groups attached to an aromatic ring is 1. The van der Waals surface area contributed by atoms with Crippen molar-refractivity contribution in [1.82, 2.24) is 20.4 Å². The quantitative estimate of drug-likeness (QED) is 0.463. The van der Waals surface area contributed by atoms with Crippen molar-refractivity contribution in [2.45, 2.75) is 38.7 Å². The van der Waals surface area contributed by atoms with Crippen LogP contribution in [0.2, 0.25) is 0 Å². The summed E-state index contributed by atoms with van der Waals surface area (Å²) in [5, 5.41) is 1.84. The number of amides is 2. The summed E-state index contributed by atoms with van der Waals surface area (Å²) in [6, 6.07) is 2.24. The van der Waals surface area contributed by atoms with Crippen LogP contribution in [-0.4, -0.2) is 78.0 Å². The molecule has 2 fully saturated rings. The number of nitrogens with two attached hydrogens (primary N) is 1. The first kappa shape index (κ1) is 28.4. The number of cyclic esters (lactones) is 1. The zero-order valence-electron chi connectivity index (χ0n) is 21.8. The SMILES string of the molecule is COC(=S)CC[C@H]1CN(c2cc(F)c(N3CCNN(C(=O)CCc4cnc(C)nc4N)CC3)c(F)c2)C(=O)O1. The van der Waals surface area contributed by atoms with Crippen molar-refractivity contribution in [3.63, 3.8) is 0 Å². The predicted octanol–water partition coefficient (Wildman–Crippen LogP) is 2.51. The van der Waals surface area contributed by atoms with E-state index in [9.17, 15) is 9.59 Å². The minimum atomic E-state index is -0.809. The van der Waals surface area contributed by atoms with Gasteiger partial charge in [0, 0.05) is 56.4 Å². The molecular formula is C25H31F2N7O4S. The number of hydrazine groups is 1. The van der Waals surface area contributed by atoms with Gasteiger partial charge in [-0.3, -0.25) is 14.7 Å². The van der Waals surface area contributed by atoms with Crippen LogP contribution in [0.1, 0.15) is 30.7 Å². The zero-order valence-corrected chi connectivity index (χ0v) is 22.6. The number of aromatic nitrogens is 2. The number of rotatable bonds is 8. The third kappa shape index (κ3) is 6.87. The van der Waals surface area contributed by atoms with Crippen LogP contribution in [0.4, 0.5) is 30.8 Å². The number of nitrogens with one attached hydrogen (secondary N) is 1. The fraction of sp³-hybridized carbons (Fsp3) is 0.480. The molecular weight excluding hydrogens is 532 g/mol. The molecule has 2 aliphatic heterocycles. The van der Waals surface area contributed by atoms with Crippen molar-refractivity contribution in [2.75, 3.05) is 55.4 Å². The molecule has 11 nitrogen and oxygen atoms in total. The summed E-state index contributed by atoms with van der Waals surface area (Å²) >= 11 is 5.01. The Bertz CT molecular complexity index is 1230. The Hall–Kier alpha value is -3.65. The number of thiocarbonyl (C=S) groups is 1. The van der Waals surface area contributed by atoms with Gasteiger partial charge in [0.15, 0.2) is 16.7 Å². The predicted molar refractivity (Wildman–Crippen MR) is 144 cm³/mol. The van der Waals surface area contributed by atoms with Crippen molar-refractivity contribution in [1.29, 1.82) is 0 Å². The highest BCUT2D eigenvalue weighted by Gasteiger charge is 2.34. The number of methoxy groups -OCH3 is 1. The average Bonchev–Trinajstić information content (AvgIpc) is 3.10. The number of hydrogen-bond acceptors (Lipinski definition) is 10.